The molecule has 4 fully saturated rings. The summed E-state index contributed by atoms with van der Waals surface area (Å²) >= 11 is 0. The highest BCUT2D eigenvalue weighted by Crippen LogP contribution is 2.59. The van der Waals surface area contributed by atoms with E-state index >= 15 is 0 Å². The van der Waals surface area contributed by atoms with Crippen LogP contribution in [0.3, 0.4) is 0 Å². The maximum absolute atomic E-state index is 14.4. The van der Waals surface area contributed by atoms with E-state index in [0.29, 0.717) is 11.8 Å². The molecule has 174 valence electrons. The third-order valence-corrected chi connectivity index (χ3v) is 9.34. The van der Waals surface area contributed by atoms with Crippen molar-refractivity contribution < 1.29 is 9.21 Å². The van der Waals surface area contributed by atoms with Crippen LogP contribution in [0.1, 0.15) is 73.1 Å². The van der Waals surface area contributed by atoms with Gasteiger partial charge < -0.3 is 4.42 Å². The molecule has 3 heterocycles. The number of ketones is 1. The van der Waals surface area contributed by atoms with E-state index in [4.69, 9.17) is 9.40 Å². The zero-order chi connectivity index (χ0) is 23.5. The lowest BCUT2D eigenvalue weighted by Crippen LogP contribution is -2.41. The van der Waals surface area contributed by atoms with Crippen molar-refractivity contribution in [2.45, 2.75) is 66.7 Å². The molecule has 3 aromatic rings. The Balaban J connectivity index is 1.56. The lowest BCUT2D eigenvalue weighted by molar-refractivity contribution is -0.108. The van der Waals surface area contributed by atoms with Crippen molar-refractivity contribution in [2.75, 3.05) is 0 Å². The topological polar surface area (TPSA) is 48.0 Å². The molecule has 0 unspecified atom stereocenters. The molecule has 1 aliphatic heterocycles. The first-order valence-corrected chi connectivity index (χ1v) is 12.9. The van der Waals surface area contributed by atoms with Crippen LogP contribution >= 0.6 is 0 Å². The summed E-state index contributed by atoms with van der Waals surface area (Å²) in [6.45, 7) is 10.3. The number of carbonyl (C=O) groups excluding carboxylic acids is 1. The quantitative estimate of drug-likeness (QED) is 0.372. The minimum absolute atomic E-state index is 0.170. The van der Waals surface area contributed by atoms with E-state index < -0.39 is 0 Å². The Labute approximate surface area is 200 Å². The molecule has 2 aromatic heterocycles. The molecule has 4 nitrogen and oxygen atoms in total. The summed E-state index contributed by atoms with van der Waals surface area (Å²) in [6.07, 6.45) is 6.45. The molecule has 34 heavy (non-hydrogen) atoms. The largest absolute Gasteiger partial charge is 0.466 e. The summed E-state index contributed by atoms with van der Waals surface area (Å²) < 4.78 is 8.11. The molecule has 0 atom stereocenters. The van der Waals surface area contributed by atoms with E-state index in [1.165, 1.54) is 48.8 Å². The Hall–Kier alpha value is -2.88. The van der Waals surface area contributed by atoms with Gasteiger partial charge in [-0.2, -0.15) is 0 Å². The smallest absolute Gasteiger partial charge is 0.213 e. The molecule has 0 spiro atoms. The van der Waals surface area contributed by atoms with Crippen LogP contribution in [0.4, 0.5) is 0 Å². The molecular weight excluding hydrogens is 420 g/mol. The standard InChI is InChI=1S/C30H32N2O2/c1-14-6-7-24-27(16(14)3)32-28(26-21-10-19-9-20(12-21)13-22(26)11-19)29(33)25(30(32)31-24)17(4)23-8-15(2)34-18(23)5/h6-8,19-22H,9-13H2,1-5H3/b25-17-,28-26?. The summed E-state index contributed by atoms with van der Waals surface area (Å²) in [5, 5.41) is 0. The maximum atomic E-state index is 14.4. The van der Waals surface area contributed by atoms with Gasteiger partial charge in [-0.05, 0) is 125 Å². The minimum Gasteiger partial charge on any atom is -0.466 e. The predicted octanol–water partition coefficient (Wildman–Crippen LogP) is 7.04. The van der Waals surface area contributed by atoms with Crippen LogP contribution in [0.5, 0.6) is 0 Å². The third kappa shape index (κ3) is 2.60. The van der Waals surface area contributed by atoms with Gasteiger partial charge >= 0.3 is 0 Å². The Morgan fingerprint density at radius 1 is 1.00 bits per heavy atom. The number of nitrogens with zero attached hydrogens (tertiary/aromatic N) is 2. The monoisotopic (exact) mass is 452 g/mol. The molecule has 4 saturated carbocycles. The van der Waals surface area contributed by atoms with E-state index in [2.05, 4.69) is 43.5 Å². The molecule has 0 radical (unpaired) electrons. The summed E-state index contributed by atoms with van der Waals surface area (Å²) in [5.74, 6) is 5.56. The molecule has 0 amide bonds. The second-order valence-electron chi connectivity index (χ2n) is 11.4. The minimum atomic E-state index is 0.170. The number of rotatable bonds is 1. The highest BCUT2D eigenvalue weighted by molar-refractivity contribution is 6.47. The van der Waals surface area contributed by atoms with Gasteiger partial charge in [0.05, 0.1) is 22.3 Å². The first-order valence-electron chi connectivity index (χ1n) is 12.9. The lowest BCUT2D eigenvalue weighted by atomic mass is 9.54. The fraction of sp³-hybridized carbons (Fsp3) is 0.467. The number of furan rings is 1. The van der Waals surface area contributed by atoms with Crippen LogP contribution in [0, 0.1) is 51.4 Å². The molecule has 4 bridgehead atoms. The van der Waals surface area contributed by atoms with Gasteiger partial charge in [0.15, 0.2) is 0 Å². The number of hydrogen-bond acceptors (Lipinski definition) is 3. The summed E-state index contributed by atoms with van der Waals surface area (Å²) in [4.78, 5) is 19.5. The molecular formula is C30H32N2O2. The van der Waals surface area contributed by atoms with Crippen LogP contribution < -0.4 is 0 Å². The maximum Gasteiger partial charge on any atom is 0.213 e. The number of imidazole rings is 1. The van der Waals surface area contributed by atoms with Crippen molar-refractivity contribution >= 4 is 33.7 Å². The van der Waals surface area contributed by atoms with Crippen molar-refractivity contribution in [3.05, 3.63) is 57.8 Å². The molecule has 4 heteroatoms. The van der Waals surface area contributed by atoms with E-state index in [-0.39, 0.29) is 5.78 Å². The van der Waals surface area contributed by atoms with E-state index in [1.807, 2.05) is 13.8 Å². The Morgan fingerprint density at radius 3 is 2.29 bits per heavy atom. The SMILES string of the molecule is C/C(=C1\C(=O)C(=C2C3CC4CC(C3)CC2C4)n2c1nc1ccc(C)c(C)c12)c1cc(C)oc1C. The average Bonchev–Trinajstić information content (AvgIpc) is 3.40. The van der Waals surface area contributed by atoms with E-state index in [1.54, 1.807) is 0 Å². The number of carbonyl (C=O) groups is 1. The van der Waals surface area contributed by atoms with Crippen molar-refractivity contribution in [1.82, 2.24) is 9.55 Å². The summed E-state index contributed by atoms with van der Waals surface area (Å²) in [6, 6.07) is 6.33. The molecule has 8 rings (SSSR count). The van der Waals surface area contributed by atoms with Crippen LogP contribution in [0.25, 0.3) is 27.9 Å². The Bertz CT molecular complexity index is 1440. The second-order valence-corrected chi connectivity index (χ2v) is 11.4. The Kier molecular flexibility index (Phi) is 4.12. The van der Waals surface area contributed by atoms with Gasteiger partial charge in [-0.1, -0.05) is 6.07 Å². The van der Waals surface area contributed by atoms with Crippen molar-refractivity contribution in [3.8, 4) is 0 Å². The zero-order valence-electron chi connectivity index (χ0n) is 20.8. The van der Waals surface area contributed by atoms with Gasteiger partial charge in [0.1, 0.15) is 17.3 Å². The first-order chi connectivity index (χ1) is 16.3. The second kappa shape index (κ2) is 6.84. The number of allylic oxidation sites excluding steroid dienone is 4. The number of fused-ring (bicyclic) bond motifs is 3. The number of aromatic nitrogens is 2. The summed E-state index contributed by atoms with van der Waals surface area (Å²) in [7, 11) is 0. The normalized spacial score (nSPS) is 29.0. The number of aryl methyl sites for hydroxylation is 4. The third-order valence-electron chi connectivity index (χ3n) is 9.34. The van der Waals surface area contributed by atoms with Crippen molar-refractivity contribution in [2.24, 2.45) is 23.7 Å². The van der Waals surface area contributed by atoms with Gasteiger partial charge in [0.25, 0.3) is 0 Å². The zero-order valence-corrected chi connectivity index (χ0v) is 20.8. The average molecular weight is 453 g/mol. The van der Waals surface area contributed by atoms with Crippen LogP contribution in [0.15, 0.2) is 28.2 Å². The first kappa shape index (κ1) is 20.5. The highest BCUT2D eigenvalue weighted by atomic mass is 16.3. The molecule has 4 aliphatic carbocycles. The highest BCUT2D eigenvalue weighted by Gasteiger charge is 2.49. The predicted molar refractivity (Wildman–Crippen MR) is 135 cm³/mol. The van der Waals surface area contributed by atoms with Gasteiger partial charge in [0.2, 0.25) is 5.78 Å². The lowest BCUT2D eigenvalue weighted by Gasteiger charge is -2.51. The van der Waals surface area contributed by atoms with E-state index in [9.17, 15) is 4.79 Å². The van der Waals surface area contributed by atoms with Crippen molar-refractivity contribution in [1.29, 1.82) is 0 Å². The summed E-state index contributed by atoms with van der Waals surface area (Å²) in [5.41, 5.74) is 9.70. The van der Waals surface area contributed by atoms with Crippen LogP contribution in [-0.2, 0) is 4.79 Å². The van der Waals surface area contributed by atoms with Crippen molar-refractivity contribution in [3.63, 3.8) is 0 Å². The molecule has 0 saturated heterocycles. The molecule has 5 aliphatic rings. The van der Waals surface area contributed by atoms with E-state index in [0.717, 1.165) is 62.6 Å². The molecule has 0 N–H and O–H groups in total. The number of benzene rings is 1. The van der Waals surface area contributed by atoms with Gasteiger partial charge in [-0.25, -0.2) is 4.98 Å². The van der Waals surface area contributed by atoms with Gasteiger partial charge in [-0.3, -0.25) is 9.36 Å². The number of Topliss-reactive ketones (excluding diaryl/α,β-unsaturated/α-hetero) is 1. The molecule has 1 aromatic carbocycles. The fourth-order valence-electron chi connectivity index (χ4n) is 7.95. The Morgan fingerprint density at radius 2 is 1.68 bits per heavy atom. The fourth-order valence-corrected chi connectivity index (χ4v) is 7.95. The van der Waals surface area contributed by atoms with Gasteiger partial charge in [-0.15, -0.1) is 0 Å². The van der Waals surface area contributed by atoms with Crippen LogP contribution in [-0.4, -0.2) is 15.3 Å². The van der Waals surface area contributed by atoms with Gasteiger partial charge in [0, 0.05) is 5.56 Å². The number of hydrogen-bond donors (Lipinski definition) is 0. The van der Waals surface area contributed by atoms with Crippen LogP contribution in [0.2, 0.25) is 0 Å².